The number of ether oxygens (including phenoxy) is 2. The molecular formula is C33H28BBr2N3O5. The summed E-state index contributed by atoms with van der Waals surface area (Å²) in [6.07, 6.45) is 5.29. The van der Waals surface area contributed by atoms with E-state index in [1.807, 2.05) is 54.6 Å². The second kappa shape index (κ2) is 13.5. The van der Waals surface area contributed by atoms with Crippen LogP contribution in [0.15, 0.2) is 105 Å². The number of aromatic amines is 1. The highest BCUT2D eigenvalue weighted by Gasteiger charge is 2.24. The lowest BCUT2D eigenvalue weighted by Gasteiger charge is -2.06. The van der Waals surface area contributed by atoms with E-state index in [2.05, 4.69) is 52.9 Å². The first kappa shape index (κ1) is 30.3. The van der Waals surface area contributed by atoms with Crippen molar-refractivity contribution in [3.05, 3.63) is 110 Å². The Labute approximate surface area is 270 Å². The number of benzene rings is 3. The van der Waals surface area contributed by atoms with Gasteiger partial charge in [0.15, 0.2) is 0 Å². The molecule has 0 amide bonds. The minimum atomic E-state index is -1.44. The van der Waals surface area contributed by atoms with Crippen molar-refractivity contribution in [1.29, 1.82) is 0 Å². The third-order valence-corrected chi connectivity index (χ3v) is 7.91. The van der Waals surface area contributed by atoms with Crippen molar-refractivity contribution in [1.82, 2.24) is 15.0 Å². The van der Waals surface area contributed by atoms with E-state index < -0.39 is 7.12 Å². The molecule has 0 saturated heterocycles. The Hall–Kier alpha value is -3.77. The van der Waals surface area contributed by atoms with Crippen LogP contribution in [0.5, 0.6) is 11.8 Å². The SMILES string of the molecule is Brc1ccc2nc(OC3CC3)ccc2c1.O=c1ccc2cc(Br)ccc2[nH]1.OB(O)c1ccc2nc(OC3CC3)ccc2c1. The van der Waals surface area contributed by atoms with Crippen molar-refractivity contribution in [3.63, 3.8) is 0 Å². The van der Waals surface area contributed by atoms with Gasteiger partial charge in [0.2, 0.25) is 17.3 Å². The summed E-state index contributed by atoms with van der Waals surface area (Å²) < 4.78 is 13.3. The number of halogens is 2. The van der Waals surface area contributed by atoms with Crippen molar-refractivity contribution in [3.8, 4) is 11.8 Å². The van der Waals surface area contributed by atoms with E-state index in [0.29, 0.717) is 23.6 Å². The third-order valence-electron chi connectivity index (χ3n) is 6.92. The predicted octanol–water partition coefficient (Wildman–Crippen LogP) is 6.28. The van der Waals surface area contributed by atoms with E-state index in [4.69, 9.17) is 19.5 Å². The fraction of sp³-hybridized carbons (Fsp3) is 0.182. The van der Waals surface area contributed by atoms with Gasteiger partial charge >= 0.3 is 7.12 Å². The standard InChI is InChI=1S/C12H12BNO3.C12H10BrNO.C9H6BrNO/c15-13(16)9-2-5-11-8(7-9)1-6-12(14-11)17-10-3-4-10;13-9-2-5-11-8(7-9)1-6-12(14-11)15-10-3-4-10;10-7-2-3-8-6(5-7)1-4-9(12)11-8/h1-2,5-7,10,15-16H,3-4H2;1-2,5-7,10H,3-4H2;1-5H,(H,11,12). The minimum Gasteiger partial charge on any atom is -0.474 e. The number of aromatic nitrogens is 3. The summed E-state index contributed by atoms with van der Waals surface area (Å²) >= 11 is 6.80. The van der Waals surface area contributed by atoms with Crippen LogP contribution in [-0.4, -0.2) is 44.3 Å². The molecule has 3 N–H and O–H groups in total. The topological polar surface area (TPSA) is 118 Å². The molecule has 0 unspecified atom stereocenters. The molecule has 8 nitrogen and oxygen atoms in total. The molecular weight excluding hydrogens is 689 g/mol. The van der Waals surface area contributed by atoms with E-state index in [-0.39, 0.29) is 5.56 Å². The number of hydrogen-bond donors (Lipinski definition) is 3. The molecule has 0 bridgehead atoms. The van der Waals surface area contributed by atoms with E-state index in [9.17, 15) is 4.79 Å². The Morgan fingerprint density at radius 3 is 1.77 bits per heavy atom. The highest BCUT2D eigenvalue weighted by Crippen LogP contribution is 2.28. The third kappa shape index (κ3) is 8.23. The van der Waals surface area contributed by atoms with Gasteiger partial charge < -0.3 is 24.5 Å². The first-order chi connectivity index (χ1) is 21.3. The van der Waals surface area contributed by atoms with E-state index in [1.165, 1.54) is 18.9 Å². The van der Waals surface area contributed by atoms with Gasteiger partial charge in [-0.05, 0) is 97.2 Å². The molecule has 8 rings (SSSR count). The molecule has 0 radical (unpaired) electrons. The summed E-state index contributed by atoms with van der Waals surface area (Å²) in [4.78, 5) is 22.5. The zero-order chi connectivity index (χ0) is 30.6. The predicted molar refractivity (Wildman–Crippen MR) is 181 cm³/mol. The molecule has 0 spiro atoms. The first-order valence-electron chi connectivity index (χ1n) is 14.2. The average molecular weight is 717 g/mol. The van der Waals surface area contributed by atoms with E-state index in [1.54, 1.807) is 24.3 Å². The summed E-state index contributed by atoms with van der Waals surface area (Å²) in [7, 11) is -1.44. The molecule has 0 atom stereocenters. The summed E-state index contributed by atoms with van der Waals surface area (Å²) in [5.74, 6) is 1.38. The first-order valence-corrected chi connectivity index (χ1v) is 15.8. The molecule has 3 aromatic carbocycles. The highest BCUT2D eigenvalue weighted by molar-refractivity contribution is 9.10. The van der Waals surface area contributed by atoms with Crippen LogP contribution < -0.4 is 20.5 Å². The molecule has 11 heteroatoms. The highest BCUT2D eigenvalue weighted by atomic mass is 79.9. The number of hydrogen-bond acceptors (Lipinski definition) is 7. The molecule has 3 heterocycles. The summed E-state index contributed by atoms with van der Waals surface area (Å²) in [6, 6.07) is 27.9. The summed E-state index contributed by atoms with van der Waals surface area (Å²) in [6.45, 7) is 0. The normalized spacial score (nSPS) is 13.9. The van der Waals surface area contributed by atoms with Gasteiger partial charge in [-0.2, -0.15) is 0 Å². The average Bonchev–Trinajstić information content (AvgIpc) is 3.96. The van der Waals surface area contributed by atoms with Crippen molar-refractivity contribution in [2.75, 3.05) is 0 Å². The molecule has 2 fully saturated rings. The van der Waals surface area contributed by atoms with Crippen LogP contribution in [0.3, 0.4) is 0 Å². The number of H-pyrrole nitrogens is 1. The zero-order valence-electron chi connectivity index (χ0n) is 23.5. The molecule has 44 heavy (non-hydrogen) atoms. The monoisotopic (exact) mass is 715 g/mol. The van der Waals surface area contributed by atoms with Gasteiger partial charge in [0, 0.05) is 43.4 Å². The Kier molecular flexibility index (Phi) is 9.27. The van der Waals surface area contributed by atoms with Gasteiger partial charge in [0.05, 0.1) is 11.0 Å². The summed E-state index contributed by atoms with van der Waals surface area (Å²) in [5, 5.41) is 21.2. The molecule has 6 aromatic rings. The Bertz CT molecular complexity index is 2000. The van der Waals surface area contributed by atoms with Crippen LogP contribution in [0.2, 0.25) is 0 Å². The lowest BCUT2D eigenvalue weighted by molar-refractivity contribution is 0.292. The number of nitrogens with one attached hydrogen (secondary N) is 1. The molecule has 3 aromatic heterocycles. The maximum atomic E-state index is 10.9. The number of nitrogens with zero attached hydrogens (tertiary/aromatic N) is 2. The van der Waals surface area contributed by atoms with Crippen LogP contribution in [-0.2, 0) is 0 Å². The number of pyridine rings is 3. The number of fused-ring (bicyclic) bond motifs is 3. The van der Waals surface area contributed by atoms with Gasteiger partial charge in [0.25, 0.3) is 0 Å². The Morgan fingerprint density at radius 2 is 1.18 bits per heavy atom. The van der Waals surface area contributed by atoms with Crippen LogP contribution in [0, 0.1) is 0 Å². The number of rotatable bonds is 5. The second-order valence-corrected chi connectivity index (χ2v) is 12.5. The van der Waals surface area contributed by atoms with Crippen molar-refractivity contribution >= 4 is 77.1 Å². The molecule has 222 valence electrons. The van der Waals surface area contributed by atoms with Gasteiger partial charge in [-0.15, -0.1) is 0 Å². The Balaban J connectivity index is 0.000000119. The minimum absolute atomic E-state index is 0.0650. The van der Waals surface area contributed by atoms with E-state index in [0.717, 1.165) is 60.4 Å². The van der Waals surface area contributed by atoms with Gasteiger partial charge in [-0.1, -0.05) is 44.0 Å². The molecule has 2 aliphatic carbocycles. The van der Waals surface area contributed by atoms with Crippen LogP contribution in [0.25, 0.3) is 32.7 Å². The quantitative estimate of drug-likeness (QED) is 0.180. The largest absolute Gasteiger partial charge is 0.488 e. The van der Waals surface area contributed by atoms with Crippen molar-refractivity contribution in [2.24, 2.45) is 0 Å². The van der Waals surface area contributed by atoms with Crippen LogP contribution >= 0.6 is 31.9 Å². The lowest BCUT2D eigenvalue weighted by Crippen LogP contribution is -2.29. The lowest BCUT2D eigenvalue weighted by atomic mass is 9.80. The molecule has 2 saturated carbocycles. The zero-order valence-corrected chi connectivity index (χ0v) is 26.7. The van der Waals surface area contributed by atoms with Crippen molar-refractivity contribution < 1.29 is 19.5 Å². The summed E-state index contributed by atoms with van der Waals surface area (Å²) in [5.41, 5.74) is 3.05. The maximum Gasteiger partial charge on any atom is 0.488 e. The smallest absolute Gasteiger partial charge is 0.474 e. The van der Waals surface area contributed by atoms with Gasteiger partial charge in [0.1, 0.15) is 12.2 Å². The van der Waals surface area contributed by atoms with Crippen LogP contribution in [0.4, 0.5) is 0 Å². The fourth-order valence-corrected chi connectivity index (χ4v) is 5.09. The van der Waals surface area contributed by atoms with Crippen LogP contribution in [0.1, 0.15) is 25.7 Å². The Morgan fingerprint density at radius 1 is 0.659 bits per heavy atom. The van der Waals surface area contributed by atoms with E-state index >= 15 is 0 Å². The van der Waals surface area contributed by atoms with Gasteiger partial charge in [-0.3, -0.25) is 4.79 Å². The fourth-order valence-electron chi connectivity index (χ4n) is 4.33. The maximum absolute atomic E-state index is 10.9. The molecule has 0 aliphatic heterocycles. The van der Waals surface area contributed by atoms with Gasteiger partial charge in [-0.25, -0.2) is 9.97 Å². The van der Waals surface area contributed by atoms with Crippen molar-refractivity contribution in [2.45, 2.75) is 37.9 Å². The second-order valence-electron chi connectivity index (χ2n) is 10.7. The molecule has 2 aliphatic rings.